The van der Waals surface area contributed by atoms with E-state index in [9.17, 15) is 24.5 Å². The summed E-state index contributed by atoms with van der Waals surface area (Å²) in [6.45, 7) is 1.15. The second-order valence-corrected chi connectivity index (χ2v) is 7.93. The topological polar surface area (TPSA) is 148 Å². The number of anilines is 2. The Labute approximate surface area is 202 Å². The van der Waals surface area contributed by atoms with Crippen LogP contribution in [-0.4, -0.2) is 73.3 Å². The molecule has 0 bridgehead atoms. The van der Waals surface area contributed by atoms with E-state index in [0.29, 0.717) is 0 Å². The molecule has 3 heterocycles. The number of nitrogens with zero attached hydrogens (tertiary/aromatic N) is 4. The Balaban J connectivity index is 1.44. The van der Waals surface area contributed by atoms with Crippen LogP contribution in [0.15, 0.2) is 28.7 Å². The van der Waals surface area contributed by atoms with Gasteiger partial charge in [-0.3, -0.25) is 29.4 Å². The van der Waals surface area contributed by atoms with Gasteiger partial charge in [0, 0.05) is 32.1 Å². The lowest BCUT2D eigenvalue weighted by Crippen LogP contribution is -2.35. The number of hydrogen-bond donors (Lipinski definition) is 1. The predicted octanol–water partition coefficient (Wildman–Crippen LogP) is 1.82. The Morgan fingerprint density at radius 3 is 2.56 bits per heavy atom. The summed E-state index contributed by atoms with van der Waals surface area (Å²) in [4.78, 5) is 53.5. The molecule has 4 rings (SSSR count). The molecule has 0 spiro atoms. The zero-order valence-electron chi connectivity index (χ0n) is 18.9. The maximum atomic E-state index is 15.0. The van der Waals surface area contributed by atoms with Crippen LogP contribution in [0.3, 0.4) is 0 Å². The van der Waals surface area contributed by atoms with E-state index >= 15 is 8.78 Å². The maximum Gasteiger partial charge on any atom is 0.433 e. The standard InChI is InChI=1S/C21H21F2N5O8/c1-12(29)24-10-14-11-26(21(31)35-14)13-8-15(22)19(16(23)9-13)25-4-5-27(34-7-6-25)20(30)17-2-3-18(36-17)28(32)33/h2-3,8-9,14H,4-7,10-11H2,1H3,(H,24,29)/t14-/m0/s1. The number of nitrogens with one attached hydrogen (secondary N) is 1. The first kappa shape index (κ1) is 24.8. The van der Waals surface area contributed by atoms with Gasteiger partial charge in [0.15, 0.2) is 11.6 Å². The lowest BCUT2D eigenvalue weighted by atomic mass is 10.2. The lowest BCUT2D eigenvalue weighted by Gasteiger charge is -2.24. The number of furan rings is 1. The molecule has 0 unspecified atom stereocenters. The van der Waals surface area contributed by atoms with Crippen LogP contribution in [0, 0.1) is 21.7 Å². The molecule has 192 valence electrons. The van der Waals surface area contributed by atoms with Gasteiger partial charge < -0.3 is 19.4 Å². The van der Waals surface area contributed by atoms with Gasteiger partial charge in [-0.05, 0) is 6.07 Å². The number of amides is 3. The number of cyclic esters (lactones) is 1. The molecule has 0 aliphatic carbocycles. The second kappa shape index (κ2) is 10.2. The van der Waals surface area contributed by atoms with E-state index in [4.69, 9.17) is 14.0 Å². The zero-order valence-corrected chi connectivity index (χ0v) is 18.9. The Morgan fingerprint density at radius 1 is 1.19 bits per heavy atom. The van der Waals surface area contributed by atoms with Crippen LogP contribution < -0.4 is 15.1 Å². The van der Waals surface area contributed by atoms with Crippen molar-refractivity contribution in [3.8, 4) is 0 Å². The molecule has 13 nitrogen and oxygen atoms in total. The van der Waals surface area contributed by atoms with Crippen molar-refractivity contribution in [2.24, 2.45) is 0 Å². The molecule has 2 fully saturated rings. The second-order valence-electron chi connectivity index (χ2n) is 7.93. The van der Waals surface area contributed by atoms with Crippen LogP contribution in [-0.2, 0) is 14.4 Å². The third-order valence-electron chi connectivity index (χ3n) is 5.47. The van der Waals surface area contributed by atoms with Crippen molar-refractivity contribution in [1.82, 2.24) is 10.4 Å². The lowest BCUT2D eigenvalue weighted by molar-refractivity contribution is -0.402. The highest BCUT2D eigenvalue weighted by atomic mass is 19.1. The summed E-state index contributed by atoms with van der Waals surface area (Å²) < 4.78 is 40.1. The minimum absolute atomic E-state index is 0.00307. The van der Waals surface area contributed by atoms with Gasteiger partial charge in [0.25, 0.3) is 0 Å². The smallest absolute Gasteiger partial charge is 0.433 e. The van der Waals surface area contributed by atoms with Gasteiger partial charge in [0.2, 0.25) is 11.7 Å². The molecular weight excluding hydrogens is 488 g/mol. The molecule has 1 N–H and O–H groups in total. The molecule has 2 saturated heterocycles. The zero-order chi connectivity index (χ0) is 26.0. The Bertz CT molecular complexity index is 1180. The molecule has 0 saturated carbocycles. The van der Waals surface area contributed by atoms with Crippen molar-refractivity contribution in [3.63, 3.8) is 0 Å². The summed E-state index contributed by atoms with van der Waals surface area (Å²) in [6, 6.07) is 4.16. The molecular formula is C21H21F2N5O8. The molecule has 0 radical (unpaired) electrons. The van der Waals surface area contributed by atoms with E-state index in [0.717, 1.165) is 34.2 Å². The SMILES string of the molecule is CC(=O)NC[C@H]1CN(c2cc(F)c(N3CCON(C(=O)c4ccc([N+](=O)[O-])o4)CC3)c(F)c2)C(=O)O1. The van der Waals surface area contributed by atoms with Gasteiger partial charge >= 0.3 is 17.9 Å². The summed E-state index contributed by atoms with van der Waals surface area (Å²) in [7, 11) is 0. The molecule has 1 aromatic heterocycles. The van der Waals surface area contributed by atoms with E-state index in [-0.39, 0.29) is 62.4 Å². The first-order valence-corrected chi connectivity index (χ1v) is 10.8. The summed E-state index contributed by atoms with van der Waals surface area (Å²) in [5.74, 6) is -3.89. The van der Waals surface area contributed by atoms with Gasteiger partial charge in [0.05, 0.1) is 38.0 Å². The van der Waals surface area contributed by atoms with Crippen molar-refractivity contribution < 1.29 is 42.1 Å². The minimum Gasteiger partial charge on any atom is -0.442 e. The fourth-order valence-electron chi connectivity index (χ4n) is 3.80. The first-order valence-electron chi connectivity index (χ1n) is 10.8. The van der Waals surface area contributed by atoms with Crippen LogP contribution in [0.1, 0.15) is 17.5 Å². The van der Waals surface area contributed by atoms with E-state index in [1.165, 1.54) is 11.8 Å². The van der Waals surface area contributed by atoms with Crippen molar-refractivity contribution in [2.75, 3.05) is 49.1 Å². The third-order valence-corrected chi connectivity index (χ3v) is 5.47. The van der Waals surface area contributed by atoms with Gasteiger partial charge in [-0.2, -0.15) is 0 Å². The van der Waals surface area contributed by atoms with Crippen LogP contribution in [0.4, 0.5) is 30.8 Å². The number of halogens is 2. The third kappa shape index (κ3) is 5.19. The molecule has 3 amide bonds. The number of carbonyl (C=O) groups is 3. The highest BCUT2D eigenvalue weighted by Crippen LogP contribution is 2.31. The quantitative estimate of drug-likeness (QED) is 0.455. The van der Waals surface area contributed by atoms with Crippen molar-refractivity contribution in [1.29, 1.82) is 0 Å². The monoisotopic (exact) mass is 509 g/mol. The summed E-state index contributed by atoms with van der Waals surface area (Å²) >= 11 is 0. The van der Waals surface area contributed by atoms with Crippen LogP contribution in [0.5, 0.6) is 0 Å². The number of hydrogen-bond acceptors (Lipinski definition) is 9. The average Bonchev–Trinajstić information content (AvgIpc) is 3.38. The van der Waals surface area contributed by atoms with E-state index in [1.54, 1.807) is 0 Å². The van der Waals surface area contributed by atoms with Crippen molar-refractivity contribution >= 4 is 35.2 Å². The summed E-state index contributed by atoms with van der Waals surface area (Å²) in [6.07, 6.45) is -1.47. The fourth-order valence-corrected chi connectivity index (χ4v) is 3.80. The molecule has 1 aromatic carbocycles. The van der Waals surface area contributed by atoms with Gasteiger partial charge in [0.1, 0.15) is 16.7 Å². The Hall–Kier alpha value is -4.27. The first-order chi connectivity index (χ1) is 17.1. The van der Waals surface area contributed by atoms with Crippen LogP contribution in [0.25, 0.3) is 0 Å². The minimum atomic E-state index is -0.940. The Morgan fingerprint density at radius 2 is 1.92 bits per heavy atom. The highest BCUT2D eigenvalue weighted by Gasteiger charge is 2.34. The van der Waals surface area contributed by atoms with Gasteiger partial charge in [-0.25, -0.2) is 18.6 Å². The molecule has 2 aliphatic rings. The number of ether oxygens (including phenoxy) is 1. The van der Waals surface area contributed by atoms with Gasteiger partial charge in [-0.1, -0.05) is 0 Å². The average molecular weight is 509 g/mol. The Kier molecular flexibility index (Phi) is 7.00. The molecule has 15 heteroatoms. The summed E-state index contributed by atoms with van der Waals surface area (Å²) in [5, 5.41) is 14.2. The maximum absolute atomic E-state index is 15.0. The van der Waals surface area contributed by atoms with Crippen LogP contribution in [0.2, 0.25) is 0 Å². The van der Waals surface area contributed by atoms with E-state index in [2.05, 4.69) is 5.32 Å². The predicted molar refractivity (Wildman–Crippen MR) is 117 cm³/mol. The van der Waals surface area contributed by atoms with E-state index < -0.39 is 40.5 Å². The number of nitro groups is 1. The number of carbonyl (C=O) groups excluding carboxylic acids is 3. The molecule has 2 aromatic rings. The fraction of sp³-hybridized carbons (Fsp3) is 0.381. The van der Waals surface area contributed by atoms with Crippen molar-refractivity contribution in [2.45, 2.75) is 13.0 Å². The van der Waals surface area contributed by atoms with E-state index in [1.807, 2.05) is 0 Å². The molecule has 2 aliphatic heterocycles. The largest absolute Gasteiger partial charge is 0.442 e. The molecule has 1 atom stereocenters. The summed E-state index contributed by atoms with van der Waals surface area (Å²) in [5.41, 5.74) is -0.418. The number of rotatable bonds is 6. The molecule has 36 heavy (non-hydrogen) atoms. The number of hydroxylamine groups is 2. The normalized spacial score (nSPS) is 18.1. The van der Waals surface area contributed by atoms with Crippen LogP contribution >= 0.6 is 0 Å². The van der Waals surface area contributed by atoms with Gasteiger partial charge in [-0.15, -0.1) is 0 Å². The van der Waals surface area contributed by atoms with Crippen molar-refractivity contribution in [3.05, 3.63) is 51.8 Å². The number of benzene rings is 1. The highest BCUT2D eigenvalue weighted by molar-refractivity contribution is 5.91.